The lowest BCUT2D eigenvalue weighted by molar-refractivity contribution is 0.0318. The van der Waals surface area contributed by atoms with E-state index >= 15 is 0 Å². The maximum absolute atomic E-state index is 5.77. The van der Waals surface area contributed by atoms with E-state index in [0.717, 1.165) is 36.1 Å². The summed E-state index contributed by atoms with van der Waals surface area (Å²) in [5.41, 5.74) is 5.36. The summed E-state index contributed by atoms with van der Waals surface area (Å²) < 4.78 is 12.6. The van der Waals surface area contributed by atoms with Crippen molar-refractivity contribution in [3.8, 4) is 5.75 Å². The average Bonchev–Trinajstić information content (AvgIpc) is 2.90. The summed E-state index contributed by atoms with van der Waals surface area (Å²) in [4.78, 5) is 0. The van der Waals surface area contributed by atoms with Crippen molar-refractivity contribution in [2.24, 2.45) is 5.84 Å². The van der Waals surface area contributed by atoms with Crippen molar-refractivity contribution in [1.82, 2.24) is 5.43 Å². The van der Waals surface area contributed by atoms with E-state index in [4.69, 9.17) is 15.3 Å². The zero-order valence-corrected chi connectivity index (χ0v) is 13.7. The van der Waals surface area contributed by atoms with Crippen LogP contribution in [0.3, 0.4) is 0 Å². The number of hydrogen-bond acceptors (Lipinski definition) is 4. The highest BCUT2D eigenvalue weighted by Gasteiger charge is 2.24. The van der Waals surface area contributed by atoms with Crippen molar-refractivity contribution in [3.05, 3.63) is 27.7 Å². The molecule has 1 aromatic rings. The molecule has 20 heavy (non-hydrogen) atoms. The van der Waals surface area contributed by atoms with Gasteiger partial charge >= 0.3 is 0 Å². The Kier molecular flexibility index (Phi) is 5.84. The summed E-state index contributed by atoms with van der Waals surface area (Å²) in [6.45, 7) is 5.59. The second-order valence-electron chi connectivity index (χ2n) is 5.03. The van der Waals surface area contributed by atoms with Gasteiger partial charge in [0.25, 0.3) is 0 Å². The molecule has 1 aliphatic heterocycles. The zero-order chi connectivity index (χ0) is 14.5. The molecule has 1 aliphatic rings. The van der Waals surface area contributed by atoms with Crippen LogP contribution in [-0.2, 0) is 17.6 Å². The molecule has 2 unspecified atom stereocenters. The van der Waals surface area contributed by atoms with Crippen LogP contribution in [0.4, 0.5) is 0 Å². The van der Waals surface area contributed by atoms with E-state index < -0.39 is 0 Å². The predicted octanol–water partition coefficient (Wildman–Crippen LogP) is 2.57. The normalized spacial score (nSPS) is 16.6. The Bertz CT molecular complexity index is 454. The quantitative estimate of drug-likeness (QED) is 0.590. The molecule has 0 fully saturated rings. The van der Waals surface area contributed by atoms with E-state index in [2.05, 4.69) is 40.4 Å². The first-order valence-electron chi connectivity index (χ1n) is 7.21. The van der Waals surface area contributed by atoms with Crippen LogP contribution in [0.25, 0.3) is 0 Å². The highest BCUT2D eigenvalue weighted by molar-refractivity contribution is 9.10. The average molecular weight is 343 g/mol. The Balaban J connectivity index is 2.19. The number of rotatable bonds is 7. The fourth-order valence-electron chi connectivity index (χ4n) is 2.76. The summed E-state index contributed by atoms with van der Waals surface area (Å²) in [5, 5.41) is 0. The Labute approximate surface area is 129 Å². The lowest BCUT2D eigenvalue weighted by Crippen LogP contribution is -2.46. The van der Waals surface area contributed by atoms with Crippen molar-refractivity contribution < 1.29 is 9.47 Å². The molecular formula is C15H23BrN2O2. The number of nitrogens with two attached hydrogens (primary N) is 1. The van der Waals surface area contributed by atoms with Gasteiger partial charge in [-0.3, -0.25) is 11.3 Å². The fourth-order valence-corrected chi connectivity index (χ4v) is 3.32. The van der Waals surface area contributed by atoms with E-state index in [1.54, 1.807) is 0 Å². The second kappa shape index (κ2) is 7.41. The van der Waals surface area contributed by atoms with E-state index in [0.29, 0.717) is 6.61 Å². The smallest absolute Gasteiger partial charge is 0.125 e. The lowest BCUT2D eigenvalue weighted by Gasteiger charge is -2.26. The highest BCUT2D eigenvalue weighted by atomic mass is 79.9. The van der Waals surface area contributed by atoms with Gasteiger partial charge in [-0.25, -0.2) is 0 Å². The molecule has 4 nitrogen and oxygen atoms in total. The topological polar surface area (TPSA) is 56.5 Å². The van der Waals surface area contributed by atoms with Gasteiger partial charge in [-0.15, -0.1) is 0 Å². The summed E-state index contributed by atoms with van der Waals surface area (Å²) >= 11 is 3.57. The second-order valence-corrected chi connectivity index (χ2v) is 5.95. The van der Waals surface area contributed by atoms with Gasteiger partial charge in [0.1, 0.15) is 5.75 Å². The molecular weight excluding hydrogens is 320 g/mol. The number of hydrazine groups is 1. The van der Waals surface area contributed by atoms with Gasteiger partial charge in [0, 0.05) is 17.5 Å². The molecule has 0 amide bonds. The first-order chi connectivity index (χ1) is 9.69. The molecule has 2 atom stereocenters. The highest BCUT2D eigenvalue weighted by Crippen LogP contribution is 2.34. The molecule has 112 valence electrons. The third-order valence-corrected chi connectivity index (χ3v) is 4.17. The zero-order valence-electron chi connectivity index (χ0n) is 12.1. The standard InChI is InChI=1S/C15H23BrN2O2/c1-3-14(19-4-2)13(18-17)9-11-8-12(16)7-10-5-6-20-15(10)11/h7-8,13-14,18H,3-6,9,17H2,1-2H3. The Hall–Kier alpha value is -0.620. The number of nitrogens with one attached hydrogen (secondary N) is 1. The monoisotopic (exact) mass is 342 g/mol. The lowest BCUT2D eigenvalue weighted by atomic mass is 9.97. The molecule has 0 aliphatic carbocycles. The Morgan fingerprint density at radius 3 is 2.90 bits per heavy atom. The number of fused-ring (bicyclic) bond motifs is 1. The first-order valence-corrected chi connectivity index (χ1v) is 8.00. The molecule has 1 heterocycles. The van der Waals surface area contributed by atoms with Gasteiger partial charge < -0.3 is 9.47 Å². The summed E-state index contributed by atoms with van der Waals surface area (Å²) in [7, 11) is 0. The van der Waals surface area contributed by atoms with Gasteiger partial charge in [-0.05, 0) is 43.0 Å². The Morgan fingerprint density at radius 1 is 1.45 bits per heavy atom. The molecule has 0 radical (unpaired) electrons. The third kappa shape index (κ3) is 3.52. The van der Waals surface area contributed by atoms with Crippen LogP contribution >= 0.6 is 15.9 Å². The largest absolute Gasteiger partial charge is 0.493 e. The van der Waals surface area contributed by atoms with Crippen LogP contribution in [-0.4, -0.2) is 25.4 Å². The molecule has 2 rings (SSSR count). The van der Waals surface area contributed by atoms with Gasteiger partial charge in [0.15, 0.2) is 0 Å². The SMILES string of the molecule is CCOC(CC)C(Cc1cc(Br)cc2c1OCC2)NN. The molecule has 5 heteroatoms. The molecule has 0 bridgehead atoms. The predicted molar refractivity (Wildman–Crippen MR) is 83.9 cm³/mol. The summed E-state index contributed by atoms with van der Waals surface area (Å²) in [6, 6.07) is 4.34. The number of ether oxygens (including phenoxy) is 2. The maximum Gasteiger partial charge on any atom is 0.125 e. The Morgan fingerprint density at radius 2 is 2.25 bits per heavy atom. The first kappa shape index (κ1) is 15.8. The van der Waals surface area contributed by atoms with Crippen LogP contribution in [0.2, 0.25) is 0 Å². The van der Waals surface area contributed by atoms with Crippen LogP contribution in [0.15, 0.2) is 16.6 Å². The number of benzene rings is 1. The number of halogens is 1. The molecule has 0 aromatic heterocycles. The number of hydrogen-bond donors (Lipinski definition) is 2. The van der Waals surface area contributed by atoms with Crippen molar-refractivity contribution in [3.63, 3.8) is 0 Å². The molecule has 3 N–H and O–H groups in total. The van der Waals surface area contributed by atoms with E-state index in [1.165, 1.54) is 11.1 Å². The minimum Gasteiger partial charge on any atom is -0.493 e. The minimum atomic E-state index is 0.0857. The van der Waals surface area contributed by atoms with Crippen LogP contribution in [0, 0.1) is 0 Å². The summed E-state index contributed by atoms with van der Waals surface area (Å²) in [6.07, 6.45) is 2.82. The summed E-state index contributed by atoms with van der Waals surface area (Å²) in [5.74, 6) is 6.76. The van der Waals surface area contributed by atoms with Gasteiger partial charge in [0.05, 0.1) is 18.8 Å². The van der Waals surface area contributed by atoms with Crippen molar-refractivity contribution in [1.29, 1.82) is 0 Å². The molecule has 1 aromatic carbocycles. The molecule has 0 spiro atoms. The van der Waals surface area contributed by atoms with Crippen LogP contribution in [0.5, 0.6) is 5.75 Å². The van der Waals surface area contributed by atoms with Gasteiger partial charge in [-0.1, -0.05) is 22.9 Å². The van der Waals surface area contributed by atoms with E-state index in [-0.39, 0.29) is 12.1 Å². The van der Waals surface area contributed by atoms with Crippen molar-refractivity contribution >= 4 is 15.9 Å². The minimum absolute atomic E-state index is 0.0857. The van der Waals surface area contributed by atoms with Crippen molar-refractivity contribution in [2.45, 2.75) is 45.3 Å². The third-order valence-electron chi connectivity index (χ3n) is 3.71. The van der Waals surface area contributed by atoms with Crippen LogP contribution in [0.1, 0.15) is 31.4 Å². The van der Waals surface area contributed by atoms with Gasteiger partial charge in [0.2, 0.25) is 0 Å². The molecule has 0 saturated heterocycles. The van der Waals surface area contributed by atoms with E-state index in [1.807, 2.05) is 6.92 Å². The van der Waals surface area contributed by atoms with Gasteiger partial charge in [-0.2, -0.15) is 0 Å². The van der Waals surface area contributed by atoms with Crippen LogP contribution < -0.4 is 16.0 Å². The maximum atomic E-state index is 5.77. The van der Waals surface area contributed by atoms with Crippen molar-refractivity contribution in [2.75, 3.05) is 13.2 Å². The molecule has 0 saturated carbocycles. The van der Waals surface area contributed by atoms with E-state index in [9.17, 15) is 0 Å². The fraction of sp³-hybridized carbons (Fsp3) is 0.600.